The highest BCUT2D eigenvalue weighted by molar-refractivity contribution is 6.15. The van der Waals surface area contributed by atoms with Crippen LogP contribution >= 0.6 is 0 Å². The number of hydrogen-bond acceptors (Lipinski definition) is 3. The molecule has 0 amide bonds. The molecule has 0 bridgehead atoms. The van der Waals surface area contributed by atoms with E-state index in [1.807, 2.05) is 0 Å². The molecule has 1 fully saturated rings. The van der Waals surface area contributed by atoms with E-state index < -0.39 is 5.79 Å². The van der Waals surface area contributed by atoms with Gasteiger partial charge in [-0.3, -0.25) is 0 Å². The summed E-state index contributed by atoms with van der Waals surface area (Å²) in [6.45, 7) is 9.07. The van der Waals surface area contributed by atoms with Crippen LogP contribution in [0, 0.1) is 0 Å². The second kappa shape index (κ2) is 10.8. The van der Waals surface area contributed by atoms with E-state index in [1.54, 1.807) is 0 Å². The Morgan fingerprint density at radius 3 is 1.68 bits per heavy atom. The van der Waals surface area contributed by atoms with Crippen molar-refractivity contribution in [2.24, 2.45) is 0 Å². The molecular formula is C18H38O3Si. The second-order valence-corrected chi connectivity index (χ2v) is 8.41. The Labute approximate surface area is 140 Å². The van der Waals surface area contributed by atoms with Crippen LogP contribution in [0.2, 0.25) is 0 Å². The summed E-state index contributed by atoms with van der Waals surface area (Å²) in [7, 11) is 0.968. The Morgan fingerprint density at radius 2 is 1.18 bits per heavy atom. The zero-order chi connectivity index (χ0) is 16.3. The first kappa shape index (κ1) is 20.1. The van der Waals surface area contributed by atoms with Gasteiger partial charge in [-0.05, 0) is 32.1 Å². The molecule has 3 nitrogen and oxygen atoms in total. The smallest absolute Gasteiger partial charge is 0.193 e. The predicted molar refractivity (Wildman–Crippen MR) is 96.4 cm³/mol. The van der Waals surface area contributed by atoms with E-state index in [2.05, 4.69) is 20.8 Å². The molecular weight excluding hydrogens is 292 g/mol. The van der Waals surface area contributed by atoms with Gasteiger partial charge in [-0.15, -0.1) is 0 Å². The van der Waals surface area contributed by atoms with Crippen LogP contribution in [0.15, 0.2) is 0 Å². The minimum Gasteiger partial charge on any atom is -0.374 e. The molecule has 0 N–H and O–H groups in total. The van der Waals surface area contributed by atoms with Crippen molar-refractivity contribution in [2.75, 3.05) is 19.8 Å². The van der Waals surface area contributed by atoms with Crippen molar-refractivity contribution < 1.29 is 14.2 Å². The first-order chi connectivity index (χ1) is 10.6. The van der Waals surface area contributed by atoms with Gasteiger partial charge in [0.05, 0.1) is 23.5 Å². The zero-order valence-electron chi connectivity index (χ0n) is 15.4. The molecule has 0 aromatic heterocycles. The molecule has 0 aromatic rings. The lowest BCUT2D eigenvalue weighted by atomic mass is 9.89. The maximum Gasteiger partial charge on any atom is 0.193 e. The van der Waals surface area contributed by atoms with Crippen molar-refractivity contribution in [1.29, 1.82) is 0 Å². The Morgan fingerprint density at radius 1 is 0.727 bits per heavy atom. The van der Waals surface area contributed by atoms with Crippen molar-refractivity contribution in [3.05, 3.63) is 0 Å². The molecule has 22 heavy (non-hydrogen) atoms. The number of hydrogen-bond donors (Lipinski definition) is 0. The number of rotatable bonds is 12. The van der Waals surface area contributed by atoms with E-state index in [0.29, 0.717) is 0 Å². The summed E-state index contributed by atoms with van der Waals surface area (Å²) in [4.78, 5) is 0. The van der Waals surface area contributed by atoms with Crippen LogP contribution in [0.4, 0.5) is 0 Å². The molecule has 0 radical (unpaired) electrons. The molecule has 1 atom stereocenters. The molecule has 0 heterocycles. The third-order valence-electron chi connectivity index (χ3n) is 4.80. The third-order valence-corrected chi connectivity index (χ3v) is 6.35. The van der Waals surface area contributed by atoms with E-state index in [9.17, 15) is 0 Å². The fourth-order valence-corrected chi connectivity index (χ4v) is 4.25. The summed E-state index contributed by atoms with van der Waals surface area (Å²) >= 11 is 0. The van der Waals surface area contributed by atoms with Gasteiger partial charge in [0, 0.05) is 13.0 Å². The molecule has 132 valence electrons. The van der Waals surface area contributed by atoms with Crippen molar-refractivity contribution in [1.82, 2.24) is 0 Å². The van der Waals surface area contributed by atoms with Gasteiger partial charge < -0.3 is 14.2 Å². The zero-order valence-corrected chi connectivity index (χ0v) is 17.4. The first-order valence-electron chi connectivity index (χ1n) is 9.56. The minimum atomic E-state index is -0.477. The van der Waals surface area contributed by atoms with Crippen molar-refractivity contribution in [3.63, 3.8) is 0 Å². The lowest BCUT2D eigenvalue weighted by Gasteiger charge is -2.50. The molecule has 0 aromatic carbocycles. The average Bonchev–Trinajstić information content (AvgIpc) is 2.51. The van der Waals surface area contributed by atoms with E-state index in [-0.39, 0.29) is 5.22 Å². The fraction of sp³-hybridized carbons (Fsp3) is 1.00. The van der Waals surface area contributed by atoms with Crippen LogP contribution in [0.25, 0.3) is 0 Å². The van der Waals surface area contributed by atoms with E-state index in [1.165, 1.54) is 19.3 Å². The number of unbranched alkanes of at least 4 members (excludes halogenated alkanes) is 3. The fourth-order valence-electron chi connectivity index (χ4n) is 3.15. The maximum absolute atomic E-state index is 6.40. The van der Waals surface area contributed by atoms with Crippen LogP contribution < -0.4 is 0 Å². The lowest BCUT2D eigenvalue weighted by Crippen LogP contribution is -2.62. The molecule has 0 spiro atoms. The summed E-state index contributed by atoms with van der Waals surface area (Å²) in [5, 5.41) is -0.165. The maximum atomic E-state index is 6.40. The highest BCUT2D eigenvalue weighted by Crippen LogP contribution is 2.42. The Kier molecular flexibility index (Phi) is 9.88. The molecule has 4 heteroatoms. The molecule has 1 aliphatic carbocycles. The van der Waals surface area contributed by atoms with E-state index >= 15 is 0 Å². The van der Waals surface area contributed by atoms with Crippen molar-refractivity contribution >= 4 is 10.2 Å². The molecule has 0 saturated heterocycles. The minimum absolute atomic E-state index is 0.165. The third kappa shape index (κ3) is 5.62. The van der Waals surface area contributed by atoms with Gasteiger partial charge in [0.15, 0.2) is 5.79 Å². The van der Waals surface area contributed by atoms with Gasteiger partial charge in [-0.25, -0.2) is 0 Å². The molecule has 1 aliphatic rings. The van der Waals surface area contributed by atoms with Crippen LogP contribution in [0.1, 0.15) is 85.0 Å². The van der Waals surface area contributed by atoms with Gasteiger partial charge in [-0.2, -0.15) is 0 Å². The first-order valence-corrected chi connectivity index (χ1v) is 10.6. The molecule has 1 saturated carbocycles. The van der Waals surface area contributed by atoms with Crippen molar-refractivity contribution in [3.8, 4) is 0 Å². The quantitative estimate of drug-likeness (QED) is 0.310. The SMILES string of the molecule is CCCCOC1([SiH3])CCCCC1(OCCCC)OCCCC. The molecule has 1 unspecified atom stereocenters. The van der Waals surface area contributed by atoms with Gasteiger partial charge in [0.1, 0.15) is 5.22 Å². The monoisotopic (exact) mass is 330 g/mol. The topological polar surface area (TPSA) is 27.7 Å². The average molecular weight is 331 g/mol. The normalized spacial score (nSPS) is 24.7. The summed E-state index contributed by atoms with van der Waals surface area (Å²) in [5.41, 5.74) is 0. The summed E-state index contributed by atoms with van der Waals surface area (Å²) < 4.78 is 19.2. The van der Waals surface area contributed by atoms with E-state index in [0.717, 1.165) is 75.0 Å². The second-order valence-electron chi connectivity index (χ2n) is 6.80. The standard InChI is InChI=1S/C18H38O3Si/c1-4-7-14-19-17(20-15-8-5-2)12-10-11-13-18(17,22)21-16-9-6-3/h4-16H2,1-3,22H3. The van der Waals surface area contributed by atoms with Crippen LogP contribution in [-0.2, 0) is 14.2 Å². The van der Waals surface area contributed by atoms with Gasteiger partial charge in [0.25, 0.3) is 0 Å². The molecule has 1 rings (SSSR count). The number of ether oxygens (including phenoxy) is 3. The summed E-state index contributed by atoms with van der Waals surface area (Å²) in [5.74, 6) is -0.477. The van der Waals surface area contributed by atoms with E-state index in [4.69, 9.17) is 14.2 Å². The van der Waals surface area contributed by atoms with Gasteiger partial charge in [-0.1, -0.05) is 46.5 Å². The van der Waals surface area contributed by atoms with Crippen LogP contribution in [0.5, 0.6) is 0 Å². The lowest BCUT2D eigenvalue weighted by molar-refractivity contribution is -0.320. The highest BCUT2D eigenvalue weighted by Gasteiger charge is 2.52. The van der Waals surface area contributed by atoms with Crippen LogP contribution in [0.3, 0.4) is 0 Å². The summed E-state index contributed by atoms with van der Waals surface area (Å²) in [6, 6.07) is 0. The van der Waals surface area contributed by atoms with Gasteiger partial charge in [0.2, 0.25) is 0 Å². The largest absolute Gasteiger partial charge is 0.374 e. The van der Waals surface area contributed by atoms with Crippen LogP contribution in [-0.4, -0.2) is 41.1 Å². The highest BCUT2D eigenvalue weighted by atomic mass is 28.1. The molecule has 0 aliphatic heterocycles. The van der Waals surface area contributed by atoms with Gasteiger partial charge >= 0.3 is 0 Å². The van der Waals surface area contributed by atoms with Crippen molar-refractivity contribution in [2.45, 2.75) is 96.0 Å². The summed E-state index contributed by atoms with van der Waals surface area (Å²) in [6.07, 6.45) is 11.4. The Bertz CT molecular complexity index is 276. The Hall–Kier alpha value is 0.0969. The Balaban J connectivity index is 2.78. The predicted octanol–water partition coefficient (Wildman–Crippen LogP) is 3.77.